The van der Waals surface area contributed by atoms with Crippen LogP contribution >= 0.6 is 0 Å². The van der Waals surface area contributed by atoms with E-state index in [2.05, 4.69) is 0 Å². The molecule has 6 heteroatoms. The lowest BCUT2D eigenvalue weighted by Crippen LogP contribution is -2.42. The number of rotatable bonds is 2. The summed E-state index contributed by atoms with van der Waals surface area (Å²) in [6.07, 6.45) is 0.706. The van der Waals surface area contributed by atoms with Crippen molar-refractivity contribution in [1.29, 1.82) is 0 Å². The van der Waals surface area contributed by atoms with Crippen LogP contribution in [0.3, 0.4) is 0 Å². The first kappa shape index (κ1) is 14.9. The van der Waals surface area contributed by atoms with Crippen LogP contribution in [-0.4, -0.2) is 48.3 Å². The molecule has 0 aliphatic carbocycles. The number of hydrogen-bond donors (Lipinski definition) is 0. The van der Waals surface area contributed by atoms with E-state index in [0.29, 0.717) is 19.6 Å². The summed E-state index contributed by atoms with van der Waals surface area (Å²) in [5.41, 5.74) is 0.0586. The molecule has 2 fully saturated rings. The number of carbonyl (C=O) groups excluding carboxylic acids is 2. The van der Waals surface area contributed by atoms with Crippen molar-refractivity contribution in [3.05, 3.63) is 35.4 Å². The van der Waals surface area contributed by atoms with Crippen LogP contribution in [0.5, 0.6) is 0 Å². The summed E-state index contributed by atoms with van der Waals surface area (Å²) in [4.78, 5) is 27.7. The van der Waals surface area contributed by atoms with Crippen LogP contribution in [0.4, 0.5) is 8.78 Å². The Labute approximate surface area is 127 Å². The average molecular weight is 308 g/mol. The number of carbonyl (C=O) groups is 2. The van der Waals surface area contributed by atoms with Gasteiger partial charge in [-0.1, -0.05) is 12.1 Å². The Bertz CT molecular complexity index is 620. The first-order valence-electron chi connectivity index (χ1n) is 7.43. The monoisotopic (exact) mass is 308 g/mol. The van der Waals surface area contributed by atoms with Crippen LogP contribution in [0.2, 0.25) is 0 Å². The van der Waals surface area contributed by atoms with E-state index < -0.39 is 11.6 Å². The molecule has 4 nitrogen and oxygen atoms in total. The average Bonchev–Trinajstić information content (AvgIpc) is 2.93. The molecule has 2 aliphatic rings. The Balaban J connectivity index is 1.69. The van der Waals surface area contributed by atoms with Crippen molar-refractivity contribution in [3.8, 4) is 0 Å². The minimum absolute atomic E-state index is 0.0586. The second-order valence-corrected chi connectivity index (χ2v) is 6.10. The molecule has 0 aromatic heterocycles. The van der Waals surface area contributed by atoms with E-state index in [0.717, 1.165) is 12.5 Å². The summed E-state index contributed by atoms with van der Waals surface area (Å²) >= 11 is 0. The SMILES string of the molecule is CN1CC[C@@H]2CN(C(=O)Cc3cccc(F)c3F)C[C@@H]2C1=O. The van der Waals surface area contributed by atoms with Gasteiger partial charge in [0.05, 0.1) is 12.3 Å². The van der Waals surface area contributed by atoms with Crippen molar-refractivity contribution in [3.63, 3.8) is 0 Å². The van der Waals surface area contributed by atoms with Crippen molar-refractivity contribution in [2.45, 2.75) is 12.8 Å². The van der Waals surface area contributed by atoms with E-state index >= 15 is 0 Å². The normalized spacial score (nSPS) is 24.6. The maximum atomic E-state index is 13.7. The molecule has 0 radical (unpaired) electrons. The van der Waals surface area contributed by atoms with Gasteiger partial charge in [0.25, 0.3) is 0 Å². The van der Waals surface area contributed by atoms with E-state index in [1.807, 2.05) is 0 Å². The van der Waals surface area contributed by atoms with Gasteiger partial charge in [0, 0.05) is 32.2 Å². The molecule has 2 heterocycles. The number of nitrogens with zero attached hydrogens (tertiary/aromatic N) is 2. The van der Waals surface area contributed by atoms with Gasteiger partial charge < -0.3 is 9.80 Å². The number of amides is 2. The van der Waals surface area contributed by atoms with E-state index in [9.17, 15) is 18.4 Å². The fourth-order valence-electron chi connectivity index (χ4n) is 3.36. The molecule has 1 aromatic rings. The first-order chi connectivity index (χ1) is 10.5. The van der Waals surface area contributed by atoms with Crippen LogP contribution < -0.4 is 0 Å². The van der Waals surface area contributed by atoms with E-state index in [-0.39, 0.29) is 35.6 Å². The highest BCUT2D eigenvalue weighted by molar-refractivity contribution is 5.84. The molecule has 2 amide bonds. The molecule has 1 aromatic carbocycles. The lowest BCUT2D eigenvalue weighted by Gasteiger charge is -2.30. The van der Waals surface area contributed by atoms with Gasteiger partial charge in [-0.05, 0) is 18.4 Å². The van der Waals surface area contributed by atoms with Crippen molar-refractivity contribution in [2.75, 3.05) is 26.7 Å². The molecular formula is C16H18F2N2O2. The third kappa shape index (κ3) is 2.58. The van der Waals surface area contributed by atoms with E-state index in [1.54, 1.807) is 16.8 Å². The van der Waals surface area contributed by atoms with Gasteiger partial charge in [-0.3, -0.25) is 9.59 Å². The lowest BCUT2D eigenvalue weighted by molar-refractivity contribution is -0.138. The van der Waals surface area contributed by atoms with Crippen LogP contribution in [0.25, 0.3) is 0 Å². The molecule has 0 unspecified atom stereocenters. The molecular weight excluding hydrogens is 290 g/mol. The van der Waals surface area contributed by atoms with Crippen molar-refractivity contribution < 1.29 is 18.4 Å². The predicted octanol–water partition coefficient (Wildman–Crippen LogP) is 1.44. The predicted molar refractivity (Wildman–Crippen MR) is 75.9 cm³/mol. The Hall–Kier alpha value is -1.98. The zero-order chi connectivity index (χ0) is 15.9. The third-order valence-electron chi connectivity index (χ3n) is 4.70. The van der Waals surface area contributed by atoms with Gasteiger partial charge in [0.2, 0.25) is 11.8 Å². The molecule has 2 saturated heterocycles. The third-order valence-corrected chi connectivity index (χ3v) is 4.70. The lowest BCUT2D eigenvalue weighted by atomic mass is 9.88. The highest BCUT2D eigenvalue weighted by Gasteiger charge is 2.43. The van der Waals surface area contributed by atoms with Gasteiger partial charge >= 0.3 is 0 Å². The van der Waals surface area contributed by atoms with E-state index in [4.69, 9.17) is 0 Å². The zero-order valence-electron chi connectivity index (χ0n) is 12.4. The maximum absolute atomic E-state index is 13.7. The van der Waals surface area contributed by atoms with Gasteiger partial charge in [-0.2, -0.15) is 0 Å². The second-order valence-electron chi connectivity index (χ2n) is 6.10. The number of likely N-dealkylation sites (tertiary alicyclic amines) is 2. The van der Waals surface area contributed by atoms with Gasteiger partial charge in [0.15, 0.2) is 11.6 Å². The molecule has 2 atom stereocenters. The van der Waals surface area contributed by atoms with Crippen LogP contribution in [0.1, 0.15) is 12.0 Å². The smallest absolute Gasteiger partial charge is 0.227 e. The minimum Gasteiger partial charge on any atom is -0.345 e. The maximum Gasteiger partial charge on any atom is 0.227 e. The molecule has 0 bridgehead atoms. The van der Waals surface area contributed by atoms with Gasteiger partial charge in [-0.25, -0.2) is 8.78 Å². The second kappa shape index (κ2) is 5.66. The quantitative estimate of drug-likeness (QED) is 0.829. The van der Waals surface area contributed by atoms with Gasteiger partial charge in [0.1, 0.15) is 0 Å². The van der Waals surface area contributed by atoms with Crippen molar-refractivity contribution in [2.24, 2.45) is 11.8 Å². The number of piperidine rings is 1. The minimum atomic E-state index is -0.969. The summed E-state index contributed by atoms with van der Waals surface area (Å²) < 4.78 is 26.8. The Morgan fingerprint density at radius 3 is 2.86 bits per heavy atom. The van der Waals surface area contributed by atoms with Crippen LogP contribution in [0, 0.1) is 23.5 Å². The van der Waals surface area contributed by atoms with Crippen molar-refractivity contribution >= 4 is 11.8 Å². The topological polar surface area (TPSA) is 40.6 Å². The molecule has 0 spiro atoms. The Kier molecular flexibility index (Phi) is 3.85. The molecule has 22 heavy (non-hydrogen) atoms. The standard InChI is InChI=1S/C16H18F2N2O2/c1-19-6-5-11-8-20(9-12(11)16(19)22)14(21)7-10-3-2-4-13(17)15(10)18/h2-4,11-12H,5-9H2,1H3/t11-,12+/m1/s1. The number of halogens is 2. The van der Waals surface area contributed by atoms with Crippen molar-refractivity contribution in [1.82, 2.24) is 9.80 Å². The first-order valence-corrected chi connectivity index (χ1v) is 7.43. The Morgan fingerprint density at radius 2 is 2.09 bits per heavy atom. The summed E-state index contributed by atoms with van der Waals surface area (Å²) in [5.74, 6) is -2.07. The number of fused-ring (bicyclic) bond motifs is 1. The summed E-state index contributed by atoms with van der Waals surface area (Å²) in [6, 6.07) is 3.84. The molecule has 0 N–H and O–H groups in total. The summed E-state index contributed by atoms with van der Waals surface area (Å²) in [5, 5.41) is 0. The zero-order valence-corrected chi connectivity index (χ0v) is 12.4. The summed E-state index contributed by atoms with van der Waals surface area (Å²) in [7, 11) is 1.77. The van der Waals surface area contributed by atoms with Gasteiger partial charge in [-0.15, -0.1) is 0 Å². The fourth-order valence-corrected chi connectivity index (χ4v) is 3.36. The number of benzene rings is 1. The fraction of sp³-hybridized carbons (Fsp3) is 0.500. The van der Waals surface area contributed by atoms with Crippen LogP contribution in [-0.2, 0) is 16.0 Å². The largest absolute Gasteiger partial charge is 0.345 e. The highest BCUT2D eigenvalue weighted by atomic mass is 19.2. The number of hydrogen-bond acceptors (Lipinski definition) is 2. The highest BCUT2D eigenvalue weighted by Crippen LogP contribution is 2.32. The van der Waals surface area contributed by atoms with E-state index in [1.165, 1.54) is 12.1 Å². The molecule has 2 aliphatic heterocycles. The molecule has 118 valence electrons. The molecule has 3 rings (SSSR count). The molecule has 0 saturated carbocycles. The Morgan fingerprint density at radius 1 is 1.32 bits per heavy atom. The van der Waals surface area contributed by atoms with Crippen LogP contribution in [0.15, 0.2) is 18.2 Å². The summed E-state index contributed by atoms with van der Waals surface area (Å²) in [6.45, 7) is 1.62.